The smallest absolute Gasteiger partial charge is 0.0599 e. The van der Waals surface area contributed by atoms with Gasteiger partial charge in [-0.2, -0.15) is 0 Å². The van der Waals surface area contributed by atoms with E-state index in [2.05, 4.69) is 64.2 Å². The van der Waals surface area contributed by atoms with Gasteiger partial charge in [-0.25, -0.2) is 0 Å². The summed E-state index contributed by atoms with van der Waals surface area (Å²) in [6, 6.07) is 8.87. The molecule has 0 spiro atoms. The zero-order valence-electron chi connectivity index (χ0n) is 11.7. The van der Waals surface area contributed by atoms with Crippen LogP contribution in [0.3, 0.4) is 0 Å². The van der Waals surface area contributed by atoms with E-state index in [1.807, 2.05) is 0 Å². The first kappa shape index (κ1) is 14.2. The molecule has 17 heavy (non-hydrogen) atoms. The molecule has 0 amide bonds. The highest BCUT2D eigenvalue weighted by molar-refractivity contribution is 5.28. The second kappa shape index (κ2) is 6.18. The van der Waals surface area contributed by atoms with Crippen LogP contribution in [0.1, 0.15) is 44.9 Å². The maximum Gasteiger partial charge on any atom is 0.0599 e. The van der Waals surface area contributed by atoms with Gasteiger partial charge in [0.15, 0.2) is 0 Å². The van der Waals surface area contributed by atoms with Crippen LogP contribution in [0.2, 0.25) is 0 Å². The molecule has 1 N–H and O–H groups in total. The van der Waals surface area contributed by atoms with E-state index >= 15 is 0 Å². The van der Waals surface area contributed by atoms with Crippen molar-refractivity contribution in [3.8, 4) is 0 Å². The fraction of sp³-hybridized carbons (Fsp3) is 0.600. The summed E-state index contributed by atoms with van der Waals surface area (Å²) in [5, 5.41) is 3.49. The van der Waals surface area contributed by atoms with Crippen molar-refractivity contribution in [3.05, 3.63) is 35.4 Å². The van der Waals surface area contributed by atoms with Crippen LogP contribution >= 0.6 is 0 Å². The monoisotopic (exact) mass is 235 g/mol. The van der Waals surface area contributed by atoms with Gasteiger partial charge in [-0.1, -0.05) is 24.3 Å². The van der Waals surface area contributed by atoms with Crippen LogP contribution in [-0.2, 0) is 4.74 Å². The molecule has 0 heterocycles. The number of aryl methyl sites for hydroxylation is 1. The highest BCUT2D eigenvalue weighted by Crippen LogP contribution is 2.16. The van der Waals surface area contributed by atoms with Gasteiger partial charge in [-0.05, 0) is 45.7 Å². The van der Waals surface area contributed by atoms with E-state index in [1.165, 1.54) is 11.1 Å². The lowest BCUT2D eigenvalue weighted by molar-refractivity contribution is -0.00150. The zero-order chi connectivity index (χ0) is 12.9. The summed E-state index contributed by atoms with van der Waals surface area (Å²) in [5.41, 5.74) is 2.65. The van der Waals surface area contributed by atoms with Crippen molar-refractivity contribution in [2.75, 3.05) is 13.2 Å². The lowest BCUT2D eigenvalue weighted by Crippen LogP contribution is -2.28. The first-order chi connectivity index (χ1) is 7.90. The maximum absolute atomic E-state index is 5.68. The summed E-state index contributed by atoms with van der Waals surface area (Å²) in [5.74, 6) is 0. The Labute approximate surface area is 105 Å². The van der Waals surface area contributed by atoms with Crippen LogP contribution in [0.4, 0.5) is 0 Å². The van der Waals surface area contributed by atoms with Crippen molar-refractivity contribution in [2.45, 2.75) is 46.3 Å². The molecule has 1 aromatic carbocycles. The highest BCUT2D eigenvalue weighted by Gasteiger charge is 2.10. The minimum atomic E-state index is -0.0480. The Kier molecular flexibility index (Phi) is 5.16. The van der Waals surface area contributed by atoms with Crippen molar-refractivity contribution in [1.29, 1.82) is 0 Å². The third-order valence-electron chi connectivity index (χ3n) is 2.74. The maximum atomic E-state index is 5.68. The van der Waals surface area contributed by atoms with Crippen molar-refractivity contribution in [1.82, 2.24) is 5.32 Å². The van der Waals surface area contributed by atoms with Crippen molar-refractivity contribution >= 4 is 0 Å². The average molecular weight is 235 g/mol. The number of ether oxygens (including phenoxy) is 1. The lowest BCUT2D eigenvalue weighted by Gasteiger charge is -2.21. The van der Waals surface area contributed by atoms with Crippen molar-refractivity contribution < 1.29 is 4.74 Å². The van der Waals surface area contributed by atoms with Crippen molar-refractivity contribution in [3.63, 3.8) is 0 Å². The topological polar surface area (TPSA) is 21.3 Å². The van der Waals surface area contributed by atoms with Crippen LogP contribution in [0.5, 0.6) is 0 Å². The quantitative estimate of drug-likeness (QED) is 0.789. The molecule has 0 saturated heterocycles. The molecule has 96 valence electrons. The molecule has 2 heteroatoms. The fourth-order valence-corrected chi connectivity index (χ4v) is 1.82. The summed E-state index contributed by atoms with van der Waals surface area (Å²) in [4.78, 5) is 0. The Hall–Kier alpha value is -0.860. The van der Waals surface area contributed by atoms with Gasteiger partial charge in [0.05, 0.1) is 12.2 Å². The normalized spacial score (nSPS) is 13.7. The van der Waals surface area contributed by atoms with E-state index in [1.54, 1.807) is 0 Å². The largest absolute Gasteiger partial charge is 0.375 e. The molecular formula is C15H25NO. The summed E-state index contributed by atoms with van der Waals surface area (Å²) in [6.45, 7) is 12.2. The van der Waals surface area contributed by atoms with E-state index in [4.69, 9.17) is 4.74 Å². The van der Waals surface area contributed by atoms with E-state index < -0.39 is 0 Å². The minimum Gasteiger partial charge on any atom is -0.375 e. The van der Waals surface area contributed by atoms with Gasteiger partial charge < -0.3 is 10.1 Å². The lowest BCUT2D eigenvalue weighted by atomic mass is 10.0. The Bertz CT molecular complexity index is 341. The molecule has 0 aromatic heterocycles. The average Bonchev–Trinajstić information content (AvgIpc) is 2.23. The Balaban J connectivity index is 2.36. The molecule has 2 nitrogen and oxygen atoms in total. The summed E-state index contributed by atoms with van der Waals surface area (Å²) in [7, 11) is 0. The van der Waals surface area contributed by atoms with E-state index in [0.717, 1.165) is 13.2 Å². The van der Waals surface area contributed by atoms with Crippen LogP contribution in [0.15, 0.2) is 24.3 Å². The number of rotatable bonds is 5. The Morgan fingerprint density at radius 1 is 1.24 bits per heavy atom. The Morgan fingerprint density at radius 3 is 2.47 bits per heavy atom. The third kappa shape index (κ3) is 5.33. The first-order valence-electron chi connectivity index (χ1n) is 6.33. The van der Waals surface area contributed by atoms with Gasteiger partial charge >= 0.3 is 0 Å². The highest BCUT2D eigenvalue weighted by atomic mass is 16.5. The van der Waals surface area contributed by atoms with Gasteiger partial charge in [0.25, 0.3) is 0 Å². The minimum absolute atomic E-state index is 0.0480. The number of nitrogens with one attached hydrogen (secondary N) is 1. The number of benzene rings is 1. The molecule has 1 atom stereocenters. The first-order valence-corrected chi connectivity index (χ1v) is 6.33. The standard InChI is InChI=1S/C15H25NO/c1-12-8-6-7-9-14(12)13(2)16-10-11-17-15(3,4)5/h6-9,13,16H,10-11H2,1-5H3. The molecule has 0 aliphatic heterocycles. The molecule has 0 aliphatic rings. The molecule has 0 aliphatic carbocycles. The molecule has 0 fully saturated rings. The van der Waals surface area contributed by atoms with Gasteiger partial charge in [-0.15, -0.1) is 0 Å². The second-order valence-corrected chi connectivity index (χ2v) is 5.49. The van der Waals surface area contributed by atoms with Crippen molar-refractivity contribution in [2.24, 2.45) is 0 Å². The van der Waals surface area contributed by atoms with Gasteiger partial charge in [-0.3, -0.25) is 0 Å². The van der Waals surface area contributed by atoms with Crippen LogP contribution in [0.25, 0.3) is 0 Å². The third-order valence-corrected chi connectivity index (χ3v) is 2.74. The van der Waals surface area contributed by atoms with E-state index in [0.29, 0.717) is 6.04 Å². The molecular weight excluding hydrogens is 210 g/mol. The Morgan fingerprint density at radius 2 is 1.88 bits per heavy atom. The summed E-state index contributed by atoms with van der Waals surface area (Å²) >= 11 is 0. The van der Waals surface area contributed by atoms with Gasteiger partial charge in [0.2, 0.25) is 0 Å². The number of hydrogen-bond acceptors (Lipinski definition) is 2. The zero-order valence-corrected chi connectivity index (χ0v) is 11.7. The predicted molar refractivity (Wildman–Crippen MR) is 73.3 cm³/mol. The van der Waals surface area contributed by atoms with Crippen LogP contribution in [-0.4, -0.2) is 18.8 Å². The summed E-state index contributed by atoms with van der Waals surface area (Å²) < 4.78 is 5.68. The molecule has 1 unspecified atom stereocenters. The predicted octanol–water partition coefficient (Wildman–Crippen LogP) is 3.46. The van der Waals surface area contributed by atoms with Gasteiger partial charge in [0.1, 0.15) is 0 Å². The molecule has 1 rings (SSSR count). The SMILES string of the molecule is Cc1ccccc1C(C)NCCOC(C)(C)C. The number of hydrogen-bond donors (Lipinski definition) is 1. The molecule has 0 radical (unpaired) electrons. The fourth-order valence-electron chi connectivity index (χ4n) is 1.82. The summed E-state index contributed by atoms with van der Waals surface area (Å²) in [6.07, 6.45) is 0. The van der Waals surface area contributed by atoms with Crippen LogP contribution < -0.4 is 5.32 Å². The molecule has 0 bridgehead atoms. The van der Waals surface area contributed by atoms with Crippen LogP contribution in [0, 0.1) is 6.92 Å². The van der Waals surface area contributed by atoms with Gasteiger partial charge in [0, 0.05) is 12.6 Å². The van der Waals surface area contributed by atoms with E-state index in [-0.39, 0.29) is 5.60 Å². The molecule has 0 saturated carbocycles. The van der Waals surface area contributed by atoms with E-state index in [9.17, 15) is 0 Å². The second-order valence-electron chi connectivity index (χ2n) is 5.49. The molecule has 1 aromatic rings.